The van der Waals surface area contributed by atoms with Gasteiger partial charge in [-0.3, -0.25) is 39.1 Å². The second kappa shape index (κ2) is 14.6. The molecule has 2 saturated carbocycles. The van der Waals surface area contributed by atoms with Gasteiger partial charge in [-0.05, 0) is 99.3 Å². The fourth-order valence-corrected chi connectivity index (χ4v) is 11.2. The Morgan fingerprint density at radius 3 is 2.11 bits per heavy atom. The maximum absolute atomic E-state index is 13.6. The molecule has 6 aliphatic rings. The molecule has 1 atom stereocenters. The van der Waals surface area contributed by atoms with Crippen LogP contribution in [0.2, 0.25) is 5.02 Å². The zero-order chi connectivity index (χ0) is 39.7. The van der Waals surface area contributed by atoms with Gasteiger partial charge in [0.05, 0.1) is 22.7 Å². The Kier molecular flexibility index (Phi) is 10.0. The van der Waals surface area contributed by atoms with Crippen LogP contribution in [0, 0.1) is 29.2 Å². The van der Waals surface area contributed by atoms with E-state index < -0.39 is 23.8 Å². The Labute approximate surface area is 333 Å². The van der Waals surface area contributed by atoms with Crippen LogP contribution in [-0.2, 0) is 27.5 Å². The normalized spacial score (nSPS) is 28.9. The van der Waals surface area contributed by atoms with E-state index in [-0.39, 0.29) is 53.5 Å². The molecule has 2 aromatic carbocycles. The fraction of sp³-hybridized carbons (Fsp3) is 0.581. The van der Waals surface area contributed by atoms with Crippen LogP contribution in [0.1, 0.15) is 111 Å². The lowest BCUT2D eigenvalue weighted by molar-refractivity contribution is -0.175. The molecule has 4 heterocycles. The van der Waals surface area contributed by atoms with Crippen LogP contribution in [0.25, 0.3) is 4.85 Å². The second-order valence-electron chi connectivity index (χ2n) is 18.1. The molecule has 56 heavy (non-hydrogen) atoms. The van der Waals surface area contributed by atoms with Gasteiger partial charge in [0.15, 0.2) is 0 Å². The molecule has 2 N–H and O–H groups in total. The molecule has 2 aromatic rings. The van der Waals surface area contributed by atoms with E-state index in [1.165, 1.54) is 0 Å². The van der Waals surface area contributed by atoms with Gasteiger partial charge in [-0.25, -0.2) is 4.85 Å². The van der Waals surface area contributed by atoms with Gasteiger partial charge in [-0.2, -0.15) is 0 Å². The van der Waals surface area contributed by atoms with Crippen LogP contribution in [0.4, 0.5) is 5.69 Å². The highest BCUT2D eigenvalue weighted by atomic mass is 35.5. The second-order valence-corrected chi connectivity index (χ2v) is 18.5. The number of hydrogen-bond acceptors (Lipinski definition) is 8. The molecule has 0 bridgehead atoms. The number of likely N-dealkylation sites (tertiary alicyclic amines) is 1. The minimum Gasteiger partial charge on any atom is -0.489 e. The summed E-state index contributed by atoms with van der Waals surface area (Å²) in [6, 6.07) is 8.36. The SMILES string of the molecule is [C-]#[N+]c1ccc(OC2C(C)(C)C(NC(=O)C3CCC(N4CCC(CN5Cc6cc7c(cc6C5)C(=O)N(C5CCC(=O)NC5=O)C7=O)CC4)CC3)C2(C)C)cc1Cl. The molecule has 0 aromatic heterocycles. The van der Waals surface area contributed by atoms with Crippen molar-refractivity contribution in [2.75, 3.05) is 19.6 Å². The molecule has 12 nitrogen and oxygen atoms in total. The summed E-state index contributed by atoms with van der Waals surface area (Å²) in [5.41, 5.74) is 2.63. The topological polar surface area (TPSA) is 133 Å². The number of ether oxygens (including phenoxy) is 1. The number of halogens is 1. The smallest absolute Gasteiger partial charge is 0.262 e. The molecule has 13 heteroatoms. The molecule has 2 aliphatic carbocycles. The van der Waals surface area contributed by atoms with Gasteiger partial charge in [0, 0.05) is 54.9 Å². The number of piperidine rings is 2. The summed E-state index contributed by atoms with van der Waals surface area (Å²) in [5.74, 6) is -0.532. The first kappa shape index (κ1) is 38.6. The number of carbonyl (C=O) groups is 5. The van der Waals surface area contributed by atoms with Gasteiger partial charge in [-0.15, -0.1) is 0 Å². The molecule has 8 rings (SSSR count). The van der Waals surface area contributed by atoms with E-state index in [9.17, 15) is 24.0 Å². The summed E-state index contributed by atoms with van der Waals surface area (Å²) in [6.07, 6.45) is 6.19. The van der Waals surface area contributed by atoms with Crippen LogP contribution in [-0.4, -0.2) is 88.1 Å². The van der Waals surface area contributed by atoms with E-state index in [0.29, 0.717) is 39.5 Å². The van der Waals surface area contributed by atoms with Crippen LogP contribution in [0.15, 0.2) is 30.3 Å². The van der Waals surface area contributed by atoms with Crippen molar-refractivity contribution in [3.63, 3.8) is 0 Å². The van der Waals surface area contributed by atoms with Crippen molar-refractivity contribution >= 4 is 46.8 Å². The molecule has 0 spiro atoms. The number of rotatable bonds is 8. The van der Waals surface area contributed by atoms with Crippen LogP contribution >= 0.6 is 11.6 Å². The number of benzene rings is 2. The summed E-state index contributed by atoms with van der Waals surface area (Å²) in [7, 11) is 0. The summed E-state index contributed by atoms with van der Waals surface area (Å²) in [4.78, 5) is 73.9. The van der Waals surface area contributed by atoms with Crippen LogP contribution in [0.5, 0.6) is 5.75 Å². The highest BCUT2D eigenvalue weighted by Gasteiger charge is 2.64. The first-order valence-electron chi connectivity index (χ1n) is 20.1. The van der Waals surface area contributed by atoms with E-state index in [4.69, 9.17) is 22.9 Å². The Morgan fingerprint density at radius 2 is 1.54 bits per heavy atom. The third-order valence-corrected chi connectivity index (χ3v) is 14.0. The summed E-state index contributed by atoms with van der Waals surface area (Å²) in [5, 5.41) is 6.05. The maximum Gasteiger partial charge on any atom is 0.262 e. The molecular weight excluding hydrogens is 732 g/mol. The van der Waals surface area contributed by atoms with Crippen molar-refractivity contribution in [2.45, 2.75) is 116 Å². The fourth-order valence-electron chi connectivity index (χ4n) is 11.0. The molecule has 1 unspecified atom stereocenters. The van der Waals surface area contributed by atoms with Crippen molar-refractivity contribution in [3.8, 4) is 5.75 Å². The molecule has 4 fully saturated rings. The third kappa shape index (κ3) is 6.79. The van der Waals surface area contributed by atoms with Crippen molar-refractivity contribution in [1.29, 1.82) is 0 Å². The number of fused-ring (bicyclic) bond motifs is 2. The van der Waals surface area contributed by atoms with Gasteiger partial charge in [0.1, 0.15) is 17.9 Å². The molecule has 296 valence electrons. The quantitative estimate of drug-likeness (QED) is 0.251. The maximum atomic E-state index is 13.6. The van der Waals surface area contributed by atoms with Crippen molar-refractivity contribution < 1.29 is 28.7 Å². The van der Waals surface area contributed by atoms with E-state index in [0.717, 1.165) is 87.3 Å². The van der Waals surface area contributed by atoms with Crippen molar-refractivity contribution in [2.24, 2.45) is 22.7 Å². The largest absolute Gasteiger partial charge is 0.489 e. The first-order valence-corrected chi connectivity index (χ1v) is 20.5. The average Bonchev–Trinajstić information content (AvgIpc) is 3.67. The average molecular weight is 783 g/mol. The lowest BCUT2D eigenvalue weighted by Crippen LogP contribution is -2.75. The zero-order valence-corrected chi connectivity index (χ0v) is 33.4. The predicted molar refractivity (Wildman–Crippen MR) is 209 cm³/mol. The van der Waals surface area contributed by atoms with Crippen molar-refractivity contribution in [3.05, 3.63) is 69.0 Å². The molecule has 4 aliphatic heterocycles. The Balaban J connectivity index is 0.781. The lowest BCUT2D eigenvalue weighted by Gasteiger charge is -2.63. The predicted octanol–water partition coefficient (Wildman–Crippen LogP) is 5.88. The minimum absolute atomic E-state index is 0.0135. The first-order chi connectivity index (χ1) is 26.6. The Hall–Kier alpha value is -4.31. The van der Waals surface area contributed by atoms with E-state index in [2.05, 4.69) is 53.0 Å². The van der Waals surface area contributed by atoms with Crippen LogP contribution in [0.3, 0.4) is 0 Å². The lowest BCUT2D eigenvalue weighted by atomic mass is 9.49. The van der Waals surface area contributed by atoms with E-state index in [1.54, 1.807) is 18.2 Å². The number of nitrogens with zero attached hydrogens (tertiary/aromatic N) is 4. The minimum atomic E-state index is -0.955. The molecular formula is C43H51ClN6O6. The number of amides is 5. The molecule has 0 radical (unpaired) electrons. The number of nitrogens with one attached hydrogen (secondary N) is 2. The van der Waals surface area contributed by atoms with E-state index in [1.807, 2.05) is 12.1 Å². The Morgan fingerprint density at radius 1 is 0.911 bits per heavy atom. The van der Waals surface area contributed by atoms with Crippen molar-refractivity contribution in [1.82, 2.24) is 25.3 Å². The van der Waals surface area contributed by atoms with Gasteiger partial charge >= 0.3 is 0 Å². The highest BCUT2D eigenvalue weighted by molar-refractivity contribution is 6.33. The monoisotopic (exact) mass is 782 g/mol. The van der Waals surface area contributed by atoms with Gasteiger partial charge < -0.3 is 15.0 Å². The standard InChI is InChI=1S/C43H51ClN6O6/c1-42(2)40(43(3,4)41(42)56-29-10-11-33(45-5)32(44)20-29)47-36(52)25-6-8-28(9-7-25)49-16-14-24(15-17-49)21-48-22-26-18-30-31(19-27(26)23-48)39(55)50(38(30)54)34-12-13-35(51)46-37(34)53/h10-11,18-20,24-25,28,34,40-41H,6-9,12-17,21-23H2,1-4H3,(H,47,52)(H,46,51,53). The number of imide groups is 2. The highest BCUT2D eigenvalue weighted by Crippen LogP contribution is 2.56. The zero-order valence-electron chi connectivity index (χ0n) is 32.7. The molecule has 5 amide bonds. The Bertz CT molecular complexity index is 1970. The van der Waals surface area contributed by atoms with Gasteiger partial charge in [-0.1, -0.05) is 45.4 Å². The summed E-state index contributed by atoms with van der Waals surface area (Å²) >= 11 is 6.27. The summed E-state index contributed by atoms with van der Waals surface area (Å²) in [6.45, 7) is 20.3. The molecule has 2 saturated heterocycles. The van der Waals surface area contributed by atoms with Crippen LogP contribution < -0.4 is 15.4 Å². The van der Waals surface area contributed by atoms with E-state index >= 15 is 0 Å². The van der Waals surface area contributed by atoms with Gasteiger partial charge in [0.25, 0.3) is 11.8 Å². The number of carbonyl (C=O) groups excluding carboxylic acids is 5. The third-order valence-electron chi connectivity index (χ3n) is 13.7. The van der Waals surface area contributed by atoms with Gasteiger partial charge in [0.2, 0.25) is 23.4 Å². The number of hydrogen-bond donors (Lipinski definition) is 2. The summed E-state index contributed by atoms with van der Waals surface area (Å²) < 4.78 is 6.42.